The van der Waals surface area contributed by atoms with Crippen LogP contribution in [0.25, 0.3) is 0 Å². The van der Waals surface area contributed by atoms with Gasteiger partial charge in [-0.25, -0.2) is 9.18 Å². The van der Waals surface area contributed by atoms with Gasteiger partial charge in [0.25, 0.3) is 11.8 Å². The molecule has 0 aromatic heterocycles. The molecule has 2 aromatic carbocycles. The largest absolute Gasteiger partial charge is 0.336 e. The fourth-order valence-electron chi connectivity index (χ4n) is 3.90. The number of hydrogen-bond donors (Lipinski definition) is 1. The lowest BCUT2D eigenvalue weighted by molar-refractivity contribution is -0.133. The van der Waals surface area contributed by atoms with Gasteiger partial charge in [-0.05, 0) is 42.7 Å². The maximum Gasteiger partial charge on any atom is 0.325 e. The van der Waals surface area contributed by atoms with Crippen molar-refractivity contribution >= 4 is 29.4 Å². The number of carbonyl (C=O) groups excluding carboxylic acids is 3. The van der Waals surface area contributed by atoms with Gasteiger partial charge in [0.2, 0.25) is 0 Å². The molecule has 4 rings (SSSR count). The van der Waals surface area contributed by atoms with Gasteiger partial charge in [-0.2, -0.15) is 0 Å². The first-order valence-electron chi connectivity index (χ1n) is 9.32. The van der Waals surface area contributed by atoms with Crippen molar-refractivity contribution in [2.24, 2.45) is 0 Å². The molecule has 29 heavy (non-hydrogen) atoms. The van der Waals surface area contributed by atoms with Crippen molar-refractivity contribution in [3.63, 3.8) is 0 Å². The lowest BCUT2D eigenvalue weighted by atomic mass is 9.88. The predicted octanol–water partition coefficient (Wildman–Crippen LogP) is 3.21. The number of urea groups is 1. The van der Waals surface area contributed by atoms with E-state index in [1.54, 1.807) is 30.3 Å². The highest BCUT2D eigenvalue weighted by Gasteiger charge is 2.53. The van der Waals surface area contributed by atoms with Gasteiger partial charge in [0.1, 0.15) is 11.4 Å². The molecule has 2 aromatic rings. The number of amides is 4. The first-order valence-corrected chi connectivity index (χ1v) is 9.70. The van der Waals surface area contributed by atoms with Crippen LogP contribution in [0.2, 0.25) is 5.02 Å². The summed E-state index contributed by atoms with van der Waals surface area (Å²) in [6.45, 7) is 0.530. The third-order valence-corrected chi connectivity index (χ3v) is 5.64. The number of imide groups is 1. The Balaban J connectivity index is 1.54. The molecular weight excluding hydrogens is 397 g/mol. The van der Waals surface area contributed by atoms with Gasteiger partial charge >= 0.3 is 6.03 Å². The lowest BCUT2D eigenvalue weighted by Gasteiger charge is -2.38. The summed E-state index contributed by atoms with van der Waals surface area (Å²) < 4.78 is 14.0. The number of piperidine rings is 1. The smallest absolute Gasteiger partial charge is 0.325 e. The molecule has 0 aliphatic carbocycles. The fraction of sp³-hybridized carbons (Fsp3) is 0.286. The van der Waals surface area contributed by atoms with E-state index in [1.807, 2.05) is 0 Å². The van der Waals surface area contributed by atoms with Gasteiger partial charge in [0.15, 0.2) is 0 Å². The van der Waals surface area contributed by atoms with Crippen LogP contribution in [0.5, 0.6) is 0 Å². The third-order valence-electron chi connectivity index (χ3n) is 5.38. The molecule has 2 saturated heterocycles. The maximum atomic E-state index is 14.0. The van der Waals surface area contributed by atoms with Gasteiger partial charge in [0.05, 0.1) is 18.7 Å². The van der Waals surface area contributed by atoms with Crippen LogP contribution in [0.3, 0.4) is 0 Å². The number of carbonyl (C=O) groups is 3. The number of nitrogens with one attached hydrogen (secondary N) is 1. The number of nitrogens with zero attached hydrogens (tertiary/aromatic N) is 2. The van der Waals surface area contributed by atoms with Crippen LogP contribution in [0, 0.1) is 5.82 Å². The lowest BCUT2D eigenvalue weighted by Crippen LogP contribution is -2.59. The molecule has 1 spiro atoms. The van der Waals surface area contributed by atoms with Crippen molar-refractivity contribution in [2.45, 2.75) is 24.9 Å². The summed E-state index contributed by atoms with van der Waals surface area (Å²) in [7, 11) is 0. The Labute approximate surface area is 172 Å². The quantitative estimate of drug-likeness (QED) is 0.782. The molecule has 4 amide bonds. The van der Waals surface area contributed by atoms with E-state index in [4.69, 9.17) is 11.6 Å². The zero-order valence-electron chi connectivity index (χ0n) is 15.5. The van der Waals surface area contributed by atoms with Crippen LogP contribution in [0.15, 0.2) is 48.5 Å². The number of hydrogen-bond acceptors (Lipinski definition) is 3. The van der Waals surface area contributed by atoms with E-state index in [0.29, 0.717) is 24.4 Å². The fourth-order valence-corrected chi connectivity index (χ4v) is 4.03. The van der Waals surface area contributed by atoms with Crippen LogP contribution >= 0.6 is 11.6 Å². The second kappa shape index (κ2) is 7.48. The molecule has 2 aliphatic rings. The molecular formula is C21H19ClFN3O3. The summed E-state index contributed by atoms with van der Waals surface area (Å²) in [6.07, 6.45) is 0.955. The summed E-state index contributed by atoms with van der Waals surface area (Å²) in [5, 5.41) is 3.34. The molecule has 0 saturated carbocycles. The maximum absolute atomic E-state index is 14.0. The molecule has 1 unspecified atom stereocenters. The van der Waals surface area contributed by atoms with Gasteiger partial charge in [-0.15, -0.1) is 0 Å². The predicted molar refractivity (Wildman–Crippen MR) is 105 cm³/mol. The topological polar surface area (TPSA) is 69.7 Å². The molecule has 2 fully saturated rings. The van der Waals surface area contributed by atoms with Crippen LogP contribution in [-0.2, 0) is 11.3 Å². The van der Waals surface area contributed by atoms with E-state index in [2.05, 4.69) is 5.32 Å². The number of halogens is 2. The Morgan fingerprint density at radius 2 is 1.86 bits per heavy atom. The van der Waals surface area contributed by atoms with Gasteiger partial charge < -0.3 is 10.2 Å². The van der Waals surface area contributed by atoms with Crippen LogP contribution in [-0.4, -0.2) is 46.3 Å². The van der Waals surface area contributed by atoms with Gasteiger partial charge in [0, 0.05) is 11.6 Å². The molecule has 2 heterocycles. The standard InChI is InChI=1S/C21H19ClFN3O3/c22-15-8-6-14(7-9-15)12-26-19(28)21(24-20(26)29)10-3-11-25(13-21)18(27)16-4-1-2-5-17(16)23/h1-2,4-9H,3,10-13H2,(H,24,29). The molecule has 150 valence electrons. The Bertz CT molecular complexity index is 981. The Morgan fingerprint density at radius 1 is 1.14 bits per heavy atom. The van der Waals surface area contributed by atoms with Crippen molar-refractivity contribution < 1.29 is 18.8 Å². The van der Waals surface area contributed by atoms with Crippen LogP contribution in [0.4, 0.5) is 9.18 Å². The van der Waals surface area contributed by atoms with Gasteiger partial charge in [-0.1, -0.05) is 35.9 Å². The minimum absolute atomic E-state index is 0.0157. The SMILES string of the molecule is O=C(c1ccccc1F)N1CCCC2(C1)NC(=O)N(Cc1ccc(Cl)cc1)C2=O. The molecule has 8 heteroatoms. The average Bonchev–Trinajstić information content (AvgIpc) is 2.93. The highest BCUT2D eigenvalue weighted by Crippen LogP contribution is 2.30. The number of rotatable bonds is 3. The second-order valence-corrected chi connectivity index (χ2v) is 7.78. The number of benzene rings is 2. The molecule has 0 radical (unpaired) electrons. The monoisotopic (exact) mass is 415 g/mol. The van der Waals surface area contributed by atoms with Crippen molar-refractivity contribution in [3.05, 3.63) is 70.5 Å². The summed E-state index contributed by atoms with van der Waals surface area (Å²) in [5.74, 6) is -1.47. The molecule has 0 bridgehead atoms. The number of likely N-dealkylation sites (tertiary alicyclic amines) is 1. The van der Waals surface area contributed by atoms with E-state index >= 15 is 0 Å². The minimum atomic E-state index is -1.18. The normalized spacial score (nSPS) is 21.6. The third kappa shape index (κ3) is 3.58. The van der Waals surface area contributed by atoms with E-state index in [9.17, 15) is 18.8 Å². The molecule has 2 aliphatic heterocycles. The molecule has 1 atom stereocenters. The zero-order valence-corrected chi connectivity index (χ0v) is 16.3. The van der Waals surface area contributed by atoms with E-state index < -0.39 is 23.3 Å². The first kappa shape index (κ1) is 19.4. The minimum Gasteiger partial charge on any atom is -0.336 e. The van der Waals surface area contributed by atoms with Gasteiger partial charge in [-0.3, -0.25) is 14.5 Å². The van der Waals surface area contributed by atoms with E-state index in [1.165, 1.54) is 23.1 Å². The van der Waals surface area contributed by atoms with Crippen molar-refractivity contribution in [1.82, 2.24) is 15.1 Å². The summed E-state index contributed by atoms with van der Waals surface area (Å²) >= 11 is 5.89. The zero-order chi connectivity index (χ0) is 20.6. The summed E-state index contributed by atoms with van der Waals surface area (Å²) in [6, 6.07) is 12.1. The Kier molecular flexibility index (Phi) is 5.00. The molecule has 1 N–H and O–H groups in total. The Hall–Kier alpha value is -2.93. The van der Waals surface area contributed by atoms with E-state index in [-0.39, 0.29) is 24.6 Å². The second-order valence-electron chi connectivity index (χ2n) is 7.34. The first-order chi connectivity index (χ1) is 13.9. The van der Waals surface area contributed by atoms with Crippen LogP contribution in [0.1, 0.15) is 28.8 Å². The van der Waals surface area contributed by atoms with Crippen molar-refractivity contribution in [1.29, 1.82) is 0 Å². The van der Waals surface area contributed by atoms with Crippen LogP contribution < -0.4 is 5.32 Å². The van der Waals surface area contributed by atoms with E-state index in [0.717, 1.165) is 10.5 Å². The summed E-state index contributed by atoms with van der Waals surface area (Å²) in [4.78, 5) is 41.1. The highest BCUT2D eigenvalue weighted by atomic mass is 35.5. The highest BCUT2D eigenvalue weighted by molar-refractivity contribution is 6.30. The van der Waals surface area contributed by atoms with Crippen molar-refractivity contribution in [2.75, 3.05) is 13.1 Å². The summed E-state index contributed by atoms with van der Waals surface area (Å²) in [5.41, 5.74) is -0.452. The Morgan fingerprint density at radius 3 is 2.59 bits per heavy atom. The van der Waals surface area contributed by atoms with Crippen molar-refractivity contribution in [3.8, 4) is 0 Å². The molecule has 6 nitrogen and oxygen atoms in total. The average molecular weight is 416 g/mol.